The summed E-state index contributed by atoms with van der Waals surface area (Å²) in [4.78, 5) is 0. The van der Waals surface area contributed by atoms with Crippen molar-refractivity contribution in [2.45, 2.75) is 34.6 Å². The van der Waals surface area contributed by atoms with Gasteiger partial charge in [0.05, 0.1) is 19.1 Å². The monoisotopic (exact) mass is 260 g/mol. The van der Waals surface area contributed by atoms with E-state index >= 15 is 0 Å². The van der Waals surface area contributed by atoms with Crippen LogP contribution in [0.25, 0.3) is 0 Å². The molecule has 104 valence electrons. The second-order valence-electron chi connectivity index (χ2n) is 5.38. The number of hydrogen-bond donors (Lipinski definition) is 1. The summed E-state index contributed by atoms with van der Waals surface area (Å²) >= 11 is 0. The van der Waals surface area contributed by atoms with Gasteiger partial charge in [0.15, 0.2) is 0 Å². The number of hydrogen-bond acceptors (Lipinski definition) is 3. The van der Waals surface area contributed by atoms with Gasteiger partial charge in [-0.25, -0.2) is 0 Å². The number of methoxy groups -OCH3 is 1. The predicted molar refractivity (Wildman–Crippen MR) is 79.6 cm³/mol. The van der Waals surface area contributed by atoms with Crippen molar-refractivity contribution in [3.63, 3.8) is 0 Å². The van der Waals surface area contributed by atoms with Gasteiger partial charge in [0.2, 0.25) is 0 Å². The lowest BCUT2D eigenvalue weighted by Gasteiger charge is -2.19. The molecule has 0 saturated heterocycles. The summed E-state index contributed by atoms with van der Waals surface area (Å²) in [6.45, 7) is 11.0. The van der Waals surface area contributed by atoms with E-state index in [1.807, 2.05) is 6.92 Å². The topological polar surface area (TPSA) is 45.0 Å². The van der Waals surface area contributed by atoms with Crippen LogP contribution in [0.2, 0.25) is 0 Å². The molecule has 0 spiro atoms. The number of nitriles is 1. The van der Waals surface area contributed by atoms with E-state index in [1.165, 1.54) is 5.56 Å². The van der Waals surface area contributed by atoms with Crippen molar-refractivity contribution in [1.29, 1.82) is 5.26 Å². The van der Waals surface area contributed by atoms with Crippen molar-refractivity contribution in [1.82, 2.24) is 0 Å². The van der Waals surface area contributed by atoms with Gasteiger partial charge < -0.3 is 10.1 Å². The molecule has 3 heteroatoms. The van der Waals surface area contributed by atoms with Crippen LogP contribution in [0, 0.1) is 43.9 Å². The number of rotatable bonds is 5. The van der Waals surface area contributed by atoms with Gasteiger partial charge in [-0.15, -0.1) is 0 Å². The van der Waals surface area contributed by atoms with Gasteiger partial charge in [-0.1, -0.05) is 13.8 Å². The minimum Gasteiger partial charge on any atom is -0.496 e. The van der Waals surface area contributed by atoms with Crippen molar-refractivity contribution in [2.24, 2.45) is 11.8 Å². The molecule has 1 atom stereocenters. The lowest BCUT2D eigenvalue weighted by molar-refractivity contribution is 0.408. The molecule has 0 aromatic heterocycles. The van der Waals surface area contributed by atoms with Crippen molar-refractivity contribution in [3.05, 3.63) is 22.8 Å². The third-order valence-corrected chi connectivity index (χ3v) is 3.71. The van der Waals surface area contributed by atoms with E-state index < -0.39 is 0 Å². The zero-order valence-electron chi connectivity index (χ0n) is 12.8. The van der Waals surface area contributed by atoms with Crippen LogP contribution < -0.4 is 10.1 Å². The summed E-state index contributed by atoms with van der Waals surface area (Å²) in [5.74, 6) is 1.34. The Bertz CT molecular complexity index is 487. The first kappa shape index (κ1) is 15.4. The number of benzene rings is 1. The Hall–Kier alpha value is -1.69. The minimum atomic E-state index is 0.0297. The van der Waals surface area contributed by atoms with Gasteiger partial charge in [-0.2, -0.15) is 5.26 Å². The van der Waals surface area contributed by atoms with Gasteiger partial charge in [0.25, 0.3) is 0 Å². The normalized spacial score (nSPS) is 12.1. The summed E-state index contributed by atoms with van der Waals surface area (Å²) in [5.41, 5.74) is 4.55. The van der Waals surface area contributed by atoms with Gasteiger partial charge in [-0.3, -0.25) is 0 Å². The Morgan fingerprint density at radius 2 is 1.89 bits per heavy atom. The van der Waals surface area contributed by atoms with E-state index in [-0.39, 0.29) is 5.92 Å². The molecule has 1 N–H and O–H groups in total. The number of nitrogens with zero attached hydrogens (tertiary/aromatic N) is 1. The van der Waals surface area contributed by atoms with Crippen LogP contribution in [0.4, 0.5) is 5.69 Å². The molecule has 1 unspecified atom stereocenters. The molecule has 0 aliphatic carbocycles. The quantitative estimate of drug-likeness (QED) is 0.875. The summed E-state index contributed by atoms with van der Waals surface area (Å²) < 4.78 is 5.42. The lowest BCUT2D eigenvalue weighted by atomic mass is 9.96. The van der Waals surface area contributed by atoms with E-state index in [1.54, 1.807) is 7.11 Å². The Kier molecular flexibility index (Phi) is 5.23. The number of nitrogens with one attached hydrogen (secondary N) is 1. The Morgan fingerprint density at radius 1 is 1.26 bits per heavy atom. The van der Waals surface area contributed by atoms with Gasteiger partial charge in [-0.05, 0) is 49.4 Å². The van der Waals surface area contributed by atoms with Gasteiger partial charge >= 0.3 is 0 Å². The maximum Gasteiger partial charge on any atom is 0.125 e. The Balaban J connectivity index is 2.95. The molecule has 0 fully saturated rings. The third-order valence-electron chi connectivity index (χ3n) is 3.71. The largest absolute Gasteiger partial charge is 0.496 e. The standard InChI is InChI=1S/C16H24N2O/c1-10(2)14(8-17)9-18-15-7-11(3)16(19-6)13(5)12(15)4/h7,10,14,18H,9H2,1-6H3. The summed E-state index contributed by atoms with van der Waals surface area (Å²) in [6, 6.07) is 4.45. The van der Waals surface area contributed by atoms with Crippen LogP contribution in [0.1, 0.15) is 30.5 Å². The van der Waals surface area contributed by atoms with Crippen molar-refractivity contribution >= 4 is 5.69 Å². The van der Waals surface area contributed by atoms with Crippen LogP contribution in [-0.4, -0.2) is 13.7 Å². The molecule has 0 radical (unpaired) electrons. The summed E-state index contributed by atoms with van der Waals surface area (Å²) in [6.07, 6.45) is 0. The lowest BCUT2D eigenvalue weighted by Crippen LogP contribution is -2.18. The highest BCUT2D eigenvalue weighted by Gasteiger charge is 2.14. The van der Waals surface area contributed by atoms with Crippen molar-refractivity contribution in [3.8, 4) is 11.8 Å². The summed E-state index contributed by atoms with van der Waals surface area (Å²) in [5, 5.41) is 12.5. The summed E-state index contributed by atoms with van der Waals surface area (Å²) in [7, 11) is 1.70. The fourth-order valence-corrected chi connectivity index (χ4v) is 2.21. The number of ether oxygens (including phenoxy) is 1. The molecule has 3 nitrogen and oxygen atoms in total. The van der Waals surface area contributed by atoms with Crippen LogP contribution >= 0.6 is 0 Å². The zero-order chi connectivity index (χ0) is 14.6. The Labute approximate surface area is 116 Å². The van der Waals surface area contributed by atoms with Crippen LogP contribution in [0.15, 0.2) is 6.07 Å². The molecule has 1 aromatic rings. The van der Waals surface area contributed by atoms with Crippen LogP contribution in [-0.2, 0) is 0 Å². The van der Waals surface area contributed by atoms with E-state index in [0.717, 1.165) is 22.6 Å². The number of anilines is 1. The molecule has 0 aliphatic heterocycles. The first-order chi connectivity index (χ1) is 8.92. The van der Waals surface area contributed by atoms with Gasteiger partial charge in [0, 0.05) is 12.2 Å². The fraction of sp³-hybridized carbons (Fsp3) is 0.562. The molecular weight excluding hydrogens is 236 g/mol. The molecule has 1 aromatic carbocycles. The minimum absolute atomic E-state index is 0.0297. The van der Waals surface area contributed by atoms with Gasteiger partial charge in [0.1, 0.15) is 5.75 Å². The highest BCUT2D eigenvalue weighted by molar-refractivity contribution is 5.61. The molecule has 0 bridgehead atoms. The van der Waals surface area contributed by atoms with Crippen molar-refractivity contribution in [2.75, 3.05) is 19.0 Å². The van der Waals surface area contributed by atoms with E-state index in [9.17, 15) is 0 Å². The molecule has 19 heavy (non-hydrogen) atoms. The van der Waals surface area contributed by atoms with E-state index in [2.05, 4.69) is 45.1 Å². The maximum absolute atomic E-state index is 9.13. The molecular formula is C16H24N2O. The highest BCUT2D eigenvalue weighted by Crippen LogP contribution is 2.31. The smallest absolute Gasteiger partial charge is 0.125 e. The third kappa shape index (κ3) is 3.41. The van der Waals surface area contributed by atoms with E-state index in [4.69, 9.17) is 10.00 Å². The van der Waals surface area contributed by atoms with E-state index in [0.29, 0.717) is 12.5 Å². The Morgan fingerprint density at radius 3 is 2.37 bits per heavy atom. The fourth-order valence-electron chi connectivity index (χ4n) is 2.21. The first-order valence-corrected chi connectivity index (χ1v) is 6.70. The molecule has 0 aliphatic rings. The molecule has 0 amide bonds. The molecule has 1 rings (SSSR count). The van der Waals surface area contributed by atoms with Crippen molar-refractivity contribution < 1.29 is 4.74 Å². The highest BCUT2D eigenvalue weighted by atomic mass is 16.5. The SMILES string of the molecule is COc1c(C)cc(NCC(C#N)C(C)C)c(C)c1C. The number of aryl methyl sites for hydroxylation is 1. The molecule has 0 heterocycles. The zero-order valence-corrected chi connectivity index (χ0v) is 12.8. The predicted octanol–water partition coefficient (Wildman–Crippen LogP) is 3.83. The maximum atomic E-state index is 9.13. The first-order valence-electron chi connectivity index (χ1n) is 6.70. The van der Waals surface area contributed by atoms with Crippen LogP contribution in [0.3, 0.4) is 0 Å². The second-order valence-corrected chi connectivity index (χ2v) is 5.38. The average Bonchev–Trinajstić information content (AvgIpc) is 2.36. The second kappa shape index (κ2) is 6.47. The average molecular weight is 260 g/mol. The molecule has 0 saturated carbocycles. The van der Waals surface area contributed by atoms with Crippen LogP contribution in [0.5, 0.6) is 5.75 Å².